The van der Waals surface area contributed by atoms with E-state index in [4.69, 9.17) is 35.3 Å². The number of nitrogens with zero attached hydrogens (tertiary/aromatic N) is 3. The van der Waals surface area contributed by atoms with Crippen LogP contribution in [0.5, 0.6) is 23.1 Å². The molecule has 5 rings (SSSR count). The van der Waals surface area contributed by atoms with Crippen LogP contribution in [0.25, 0.3) is 10.9 Å². The fourth-order valence-electron chi connectivity index (χ4n) is 4.15. The molecular weight excluding hydrogens is 472 g/mol. The highest BCUT2D eigenvalue weighted by atomic mass is 35.5. The molecule has 0 radical (unpaired) electrons. The molecule has 2 aliphatic heterocycles. The Morgan fingerprint density at radius 3 is 2.86 bits per heavy atom. The van der Waals surface area contributed by atoms with Gasteiger partial charge in [0.15, 0.2) is 0 Å². The van der Waals surface area contributed by atoms with E-state index in [-0.39, 0.29) is 12.9 Å². The first kappa shape index (κ1) is 23.7. The van der Waals surface area contributed by atoms with Crippen molar-refractivity contribution in [1.82, 2.24) is 14.9 Å². The monoisotopic (exact) mass is 500 g/mol. The van der Waals surface area contributed by atoms with Gasteiger partial charge in [-0.05, 0) is 26.3 Å². The molecule has 2 aromatic heterocycles. The van der Waals surface area contributed by atoms with Gasteiger partial charge >= 0.3 is 0 Å². The highest BCUT2D eigenvalue weighted by Crippen LogP contribution is 2.45. The van der Waals surface area contributed by atoms with Crippen molar-refractivity contribution in [2.75, 3.05) is 51.6 Å². The lowest BCUT2D eigenvalue weighted by molar-refractivity contribution is 0.0358. The molecule has 10 heteroatoms. The fraction of sp³-hybridized carbons (Fsp3) is 0.440. The van der Waals surface area contributed by atoms with E-state index >= 15 is 0 Å². The Bertz CT molecular complexity index is 1190. The third-order valence-corrected chi connectivity index (χ3v) is 6.03. The molecular formula is C25H29ClN4O5. The minimum Gasteiger partial charge on any atom is -0.493 e. The van der Waals surface area contributed by atoms with E-state index in [0.29, 0.717) is 34.7 Å². The number of aromatic nitrogens is 2. The molecule has 0 atom stereocenters. The van der Waals surface area contributed by atoms with E-state index in [9.17, 15) is 0 Å². The lowest BCUT2D eigenvalue weighted by atomic mass is 10.1. The van der Waals surface area contributed by atoms with Crippen LogP contribution in [-0.4, -0.2) is 67.2 Å². The second-order valence-electron chi connectivity index (χ2n) is 8.64. The van der Waals surface area contributed by atoms with Crippen LogP contribution < -0.4 is 24.3 Å². The van der Waals surface area contributed by atoms with Crippen LogP contribution in [0.2, 0.25) is 5.02 Å². The van der Waals surface area contributed by atoms with Crippen molar-refractivity contribution in [1.29, 1.82) is 0 Å². The molecule has 3 aromatic rings. The van der Waals surface area contributed by atoms with E-state index in [1.165, 1.54) is 6.20 Å². The lowest BCUT2D eigenvalue weighted by Gasteiger charge is -2.26. The van der Waals surface area contributed by atoms with Gasteiger partial charge in [-0.2, -0.15) is 0 Å². The molecule has 35 heavy (non-hydrogen) atoms. The van der Waals surface area contributed by atoms with Crippen molar-refractivity contribution in [3.05, 3.63) is 35.6 Å². The SMILES string of the molecule is CC(C)Oc1cc(OCCCN2CCOCC2)cc2nccc(Nc3c(Cl)cnc4c3OCO4)c12. The number of anilines is 2. The van der Waals surface area contributed by atoms with Crippen LogP contribution in [0.4, 0.5) is 11.4 Å². The predicted molar refractivity (Wildman–Crippen MR) is 134 cm³/mol. The van der Waals surface area contributed by atoms with Crippen molar-refractivity contribution in [2.45, 2.75) is 26.4 Å². The number of hydrogen-bond acceptors (Lipinski definition) is 9. The summed E-state index contributed by atoms with van der Waals surface area (Å²) in [5, 5.41) is 4.63. The number of rotatable bonds is 9. The van der Waals surface area contributed by atoms with Crippen LogP contribution in [-0.2, 0) is 4.74 Å². The van der Waals surface area contributed by atoms with Crippen LogP contribution in [0.3, 0.4) is 0 Å². The molecule has 1 saturated heterocycles. The summed E-state index contributed by atoms with van der Waals surface area (Å²) >= 11 is 6.45. The van der Waals surface area contributed by atoms with Gasteiger partial charge in [0.2, 0.25) is 12.5 Å². The molecule has 1 N–H and O–H groups in total. The van der Waals surface area contributed by atoms with Gasteiger partial charge in [-0.3, -0.25) is 9.88 Å². The summed E-state index contributed by atoms with van der Waals surface area (Å²) in [7, 11) is 0. The molecule has 0 bridgehead atoms. The van der Waals surface area contributed by atoms with Crippen molar-refractivity contribution in [3.8, 4) is 23.1 Å². The van der Waals surface area contributed by atoms with Crippen molar-refractivity contribution >= 4 is 33.9 Å². The minimum absolute atomic E-state index is 0.0340. The van der Waals surface area contributed by atoms with Gasteiger partial charge in [-0.15, -0.1) is 0 Å². The van der Waals surface area contributed by atoms with Gasteiger partial charge in [0, 0.05) is 38.0 Å². The fourth-order valence-corrected chi connectivity index (χ4v) is 4.33. The third kappa shape index (κ3) is 5.47. The molecule has 0 amide bonds. The Labute approximate surface area is 209 Å². The molecule has 9 nitrogen and oxygen atoms in total. The second kappa shape index (κ2) is 10.7. The summed E-state index contributed by atoms with van der Waals surface area (Å²) in [6.07, 6.45) is 4.17. The number of benzene rings is 1. The summed E-state index contributed by atoms with van der Waals surface area (Å²) in [6.45, 7) is 9.23. The molecule has 4 heterocycles. The first-order valence-electron chi connectivity index (χ1n) is 11.8. The Hall–Kier alpha value is -3.01. The number of morpholine rings is 1. The lowest BCUT2D eigenvalue weighted by Crippen LogP contribution is -2.37. The summed E-state index contributed by atoms with van der Waals surface area (Å²) in [6, 6.07) is 5.72. The zero-order valence-electron chi connectivity index (χ0n) is 19.9. The normalized spacial score (nSPS) is 15.5. The highest BCUT2D eigenvalue weighted by molar-refractivity contribution is 6.33. The number of hydrogen-bond donors (Lipinski definition) is 1. The Kier molecular flexibility index (Phi) is 7.26. The number of fused-ring (bicyclic) bond motifs is 2. The van der Waals surface area contributed by atoms with Crippen LogP contribution in [0.15, 0.2) is 30.6 Å². The molecule has 1 aromatic carbocycles. The summed E-state index contributed by atoms with van der Waals surface area (Å²) in [5.74, 6) is 2.28. The van der Waals surface area contributed by atoms with Crippen molar-refractivity contribution in [3.63, 3.8) is 0 Å². The molecule has 1 fully saturated rings. The average Bonchev–Trinajstić information content (AvgIpc) is 3.33. The highest BCUT2D eigenvalue weighted by Gasteiger charge is 2.23. The maximum absolute atomic E-state index is 6.45. The summed E-state index contributed by atoms with van der Waals surface area (Å²) < 4.78 is 28.7. The van der Waals surface area contributed by atoms with Gasteiger partial charge in [-0.1, -0.05) is 11.6 Å². The molecule has 186 valence electrons. The summed E-state index contributed by atoms with van der Waals surface area (Å²) in [4.78, 5) is 11.2. The maximum atomic E-state index is 6.45. The van der Waals surface area contributed by atoms with Crippen LogP contribution in [0.1, 0.15) is 20.3 Å². The first-order valence-corrected chi connectivity index (χ1v) is 12.2. The van der Waals surface area contributed by atoms with Crippen molar-refractivity contribution in [2.24, 2.45) is 0 Å². The van der Waals surface area contributed by atoms with Crippen LogP contribution >= 0.6 is 11.6 Å². The average molecular weight is 501 g/mol. The third-order valence-electron chi connectivity index (χ3n) is 5.75. The number of pyridine rings is 2. The van der Waals surface area contributed by atoms with E-state index in [0.717, 1.165) is 61.6 Å². The number of halogens is 1. The Morgan fingerprint density at radius 1 is 1.17 bits per heavy atom. The molecule has 2 aliphatic rings. The first-order chi connectivity index (χ1) is 17.1. The largest absolute Gasteiger partial charge is 0.493 e. The van der Waals surface area contributed by atoms with Gasteiger partial charge < -0.3 is 29.0 Å². The van der Waals surface area contributed by atoms with E-state index in [2.05, 4.69) is 20.2 Å². The van der Waals surface area contributed by atoms with E-state index in [1.54, 1.807) is 6.20 Å². The van der Waals surface area contributed by atoms with Crippen molar-refractivity contribution < 1.29 is 23.7 Å². The van der Waals surface area contributed by atoms with E-state index < -0.39 is 0 Å². The molecule has 0 unspecified atom stereocenters. The van der Waals surface area contributed by atoms with E-state index in [1.807, 2.05) is 32.0 Å². The summed E-state index contributed by atoms with van der Waals surface area (Å²) in [5.41, 5.74) is 2.10. The smallest absolute Gasteiger partial charge is 0.262 e. The Morgan fingerprint density at radius 2 is 2.03 bits per heavy atom. The molecule has 0 spiro atoms. The van der Waals surface area contributed by atoms with Gasteiger partial charge in [0.1, 0.15) is 17.2 Å². The minimum atomic E-state index is -0.0340. The standard InChI is InChI=1S/C25H29ClN4O5/c1-16(2)35-21-13-17(32-9-3-6-30-7-10-31-11-8-30)12-20-22(21)19(4-5-27-20)29-23-18(26)14-28-25-24(23)33-15-34-25/h4-5,12-14,16H,3,6-11,15H2,1-2H3,(H,27,28,29). The zero-order valence-corrected chi connectivity index (χ0v) is 20.6. The maximum Gasteiger partial charge on any atom is 0.262 e. The number of nitrogens with one attached hydrogen (secondary N) is 1. The van der Waals surface area contributed by atoms with Gasteiger partial charge in [-0.25, -0.2) is 4.98 Å². The predicted octanol–water partition coefficient (Wildman–Crippen LogP) is 4.64. The molecule has 0 aliphatic carbocycles. The second-order valence-corrected chi connectivity index (χ2v) is 9.05. The quantitative estimate of drug-likeness (QED) is 0.422. The Balaban J connectivity index is 1.40. The molecule has 0 saturated carbocycles. The van der Waals surface area contributed by atoms with Gasteiger partial charge in [0.05, 0.1) is 53.7 Å². The van der Waals surface area contributed by atoms with Gasteiger partial charge in [0.25, 0.3) is 5.88 Å². The zero-order chi connectivity index (χ0) is 24.2. The topological polar surface area (TPSA) is 87.2 Å². The number of ether oxygens (including phenoxy) is 5. The van der Waals surface area contributed by atoms with Crippen LogP contribution in [0, 0.1) is 0 Å².